The number of nitro groups is 1. The fourth-order valence-electron chi connectivity index (χ4n) is 2.24. The second kappa shape index (κ2) is 8.74. The number of rotatable bonds is 9. The first-order valence-corrected chi connectivity index (χ1v) is 7.57. The normalized spacial score (nSPS) is 14.1. The van der Waals surface area contributed by atoms with Gasteiger partial charge >= 0.3 is 0 Å². The number of hydrogen-bond donors (Lipinski definition) is 1. The molecule has 0 aliphatic heterocycles. The lowest BCUT2D eigenvalue weighted by Crippen LogP contribution is -2.40. The van der Waals surface area contributed by atoms with Crippen LogP contribution in [0.3, 0.4) is 0 Å². The highest BCUT2D eigenvalue weighted by Gasteiger charge is 2.20. The summed E-state index contributed by atoms with van der Waals surface area (Å²) in [6.45, 7) is 9.70. The van der Waals surface area contributed by atoms with Gasteiger partial charge in [0, 0.05) is 30.8 Å². The summed E-state index contributed by atoms with van der Waals surface area (Å²) in [5.41, 5.74) is 1.09. The number of hydrogen-bond acceptors (Lipinski definition) is 4. The number of nitrogens with one attached hydrogen (secondary N) is 1. The minimum atomic E-state index is -0.351. The quantitative estimate of drug-likeness (QED) is 0.557. The molecular weight excluding hydrogens is 268 g/mol. The molecule has 0 saturated carbocycles. The predicted octanol–water partition coefficient (Wildman–Crippen LogP) is 3.70. The molecule has 0 saturated heterocycles. The molecule has 0 radical (unpaired) electrons. The van der Waals surface area contributed by atoms with Crippen LogP contribution in [0.15, 0.2) is 24.3 Å². The Kier molecular flexibility index (Phi) is 7.32. The molecule has 5 heteroatoms. The zero-order valence-corrected chi connectivity index (χ0v) is 13.3. The predicted molar refractivity (Wildman–Crippen MR) is 84.4 cm³/mol. The monoisotopic (exact) mass is 294 g/mol. The van der Waals surface area contributed by atoms with E-state index in [4.69, 9.17) is 4.74 Å². The highest BCUT2D eigenvalue weighted by Crippen LogP contribution is 2.23. The van der Waals surface area contributed by atoms with Crippen LogP contribution in [0.5, 0.6) is 0 Å². The summed E-state index contributed by atoms with van der Waals surface area (Å²) in [6, 6.07) is 7.18. The van der Waals surface area contributed by atoms with Gasteiger partial charge in [0.25, 0.3) is 5.69 Å². The summed E-state index contributed by atoms with van der Waals surface area (Å²) in [5.74, 6) is 0.435. The molecule has 0 amide bonds. The lowest BCUT2D eigenvalue weighted by Gasteiger charge is -2.28. The Hall–Kier alpha value is -1.46. The Bertz CT molecular complexity index is 449. The molecule has 0 heterocycles. The molecule has 118 valence electrons. The summed E-state index contributed by atoms with van der Waals surface area (Å²) < 4.78 is 5.53. The van der Waals surface area contributed by atoms with Gasteiger partial charge in [0.15, 0.2) is 0 Å². The van der Waals surface area contributed by atoms with Crippen LogP contribution in [0.4, 0.5) is 5.69 Å². The molecule has 2 atom stereocenters. The smallest absolute Gasteiger partial charge is 0.269 e. The average molecular weight is 294 g/mol. The Morgan fingerprint density at radius 1 is 1.33 bits per heavy atom. The number of nitrogens with zero attached hydrogens (tertiary/aromatic N) is 1. The molecule has 0 fully saturated rings. The van der Waals surface area contributed by atoms with E-state index in [2.05, 4.69) is 26.1 Å². The standard InChI is InChI=1S/C16H26N2O3/c1-5-15(17-16(12(3)4)11-21-6-2)13-8-7-9-14(10-13)18(19)20/h7-10,12,15-17H,5-6,11H2,1-4H3. The molecule has 0 bridgehead atoms. The van der Waals surface area contributed by atoms with E-state index in [-0.39, 0.29) is 22.7 Å². The van der Waals surface area contributed by atoms with Gasteiger partial charge in [0.1, 0.15) is 0 Å². The van der Waals surface area contributed by atoms with Crippen molar-refractivity contribution < 1.29 is 9.66 Å². The maximum absolute atomic E-state index is 10.9. The van der Waals surface area contributed by atoms with Gasteiger partial charge in [-0.15, -0.1) is 0 Å². The van der Waals surface area contributed by atoms with E-state index in [1.807, 2.05) is 13.0 Å². The molecule has 0 spiro atoms. The molecule has 5 nitrogen and oxygen atoms in total. The van der Waals surface area contributed by atoms with E-state index >= 15 is 0 Å². The average Bonchev–Trinajstić information content (AvgIpc) is 2.47. The molecule has 0 aliphatic carbocycles. The Labute approximate surface area is 126 Å². The van der Waals surface area contributed by atoms with E-state index < -0.39 is 0 Å². The zero-order chi connectivity index (χ0) is 15.8. The summed E-state index contributed by atoms with van der Waals surface area (Å²) in [5, 5.41) is 14.5. The van der Waals surface area contributed by atoms with E-state index in [0.29, 0.717) is 19.1 Å². The Morgan fingerprint density at radius 2 is 2.05 bits per heavy atom. The van der Waals surface area contributed by atoms with Crippen LogP contribution < -0.4 is 5.32 Å². The third kappa shape index (κ3) is 5.44. The molecule has 1 aromatic carbocycles. The second-order valence-electron chi connectivity index (χ2n) is 5.49. The van der Waals surface area contributed by atoms with Gasteiger partial charge in [-0.1, -0.05) is 32.9 Å². The summed E-state index contributed by atoms with van der Waals surface area (Å²) in [4.78, 5) is 10.6. The van der Waals surface area contributed by atoms with Gasteiger partial charge in [-0.25, -0.2) is 0 Å². The van der Waals surface area contributed by atoms with Gasteiger partial charge in [-0.05, 0) is 24.8 Å². The van der Waals surface area contributed by atoms with Gasteiger partial charge < -0.3 is 10.1 Å². The number of benzene rings is 1. The third-order valence-electron chi connectivity index (χ3n) is 3.61. The highest BCUT2D eigenvalue weighted by atomic mass is 16.6. The van der Waals surface area contributed by atoms with Gasteiger partial charge in [-0.2, -0.15) is 0 Å². The summed E-state index contributed by atoms with van der Waals surface area (Å²) >= 11 is 0. The van der Waals surface area contributed by atoms with E-state index in [1.165, 1.54) is 6.07 Å². The number of nitro benzene ring substituents is 1. The largest absolute Gasteiger partial charge is 0.380 e. The first-order chi connectivity index (χ1) is 9.99. The van der Waals surface area contributed by atoms with Crippen molar-refractivity contribution >= 4 is 5.69 Å². The molecule has 1 rings (SSSR count). The lowest BCUT2D eigenvalue weighted by atomic mass is 9.99. The van der Waals surface area contributed by atoms with Crippen LogP contribution in [0.1, 0.15) is 45.7 Å². The van der Waals surface area contributed by atoms with E-state index in [1.54, 1.807) is 12.1 Å². The summed E-state index contributed by atoms with van der Waals surface area (Å²) in [7, 11) is 0. The maximum atomic E-state index is 10.9. The highest BCUT2D eigenvalue weighted by molar-refractivity contribution is 5.35. The maximum Gasteiger partial charge on any atom is 0.269 e. The first kappa shape index (κ1) is 17.6. The minimum Gasteiger partial charge on any atom is -0.380 e. The van der Waals surface area contributed by atoms with Crippen molar-refractivity contribution in [3.63, 3.8) is 0 Å². The first-order valence-electron chi connectivity index (χ1n) is 7.57. The fraction of sp³-hybridized carbons (Fsp3) is 0.625. The SMILES string of the molecule is CCOCC(NC(CC)c1cccc([N+](=O)[O-])c1)C(C)C. The molecule has 0 aliphatic rings. The second-order valence-corrected chi connectivity index (χ2v) is 5.49. The van der Waals surface area contributed by atoms with Gasteiger partial charge in [0.2, 0.25) is 0 Å². The Morgan fingerprint density at radius 3 is 2.57 bits per heavy atom. The van der Waals surface area contributed by atoms with Crippen molar-refractivity contribution in [1.82, 2.24) is 5.32 Å². The van der Waals surface area contributed by atoms with Crippen LogP contribution in [0.2, 0.25) is 0 Å². The van der Waals surface area contributed by atoms with E-state index in [0.717, 1.165) is 12.0 Å². The van der Waals surface area contributed by atoms with Crippen LogP contribution in [-0.2, 0) is 4.74 Å². The van der Waals surface area contributed by atoms with Crippen LogP contribution >= 0.6 is 0 Å². The molecule has 1 aromatic rings. The van der Waals surface area contributed by atoms with E-state index in [9.17, 15) is 10.1 Å². The molecule has 21 heavy (non-hydrogen) atoms. The van der Waals surface area contributed by atoms with Gasteiger partial charge in [0.05, 0.1) is 11.5 Å². The molecule has 1 N–H and O–H groups in total. The molecule has 2 unspecified atom stereocenters. The third-order valence-corrected chi connectivity index (χ3v) is 3.61. The van der Waals surface area contributed by atoms with Crippen LogP contribution in [0.25, 0.3) is 0 Å². The van der Waals surface area contributed by atoms with Crippen LogP contribution in [-0.4, -0.2) is 24.2 Å². The Balaban J connectivity index is 2.85. The zero-order valence-electron chi connectivity index (χ0n) is 13.3. The number of non-ortho nitro benzene ring substituents is 1. The van der Waals surface area contributed by atoms with Crippen molar-refractivity contribution in [2.75, 3.05) is 13.2 Å². The minimum absolute atomic E-state index is 0.0951. The van der Waals surface area contributed by atoms with Crippen molar-refractivity contribution in [3.8, 4) is 0 Å². The topological polar surface area (TPSA) is 64.4 Å². The number of ether oxygens (including phenoxy) is 1. The van der Waals surface area contributed by atoms with Crippen molar-refractivity contribution in [2.24, 2.45) is 5.92 Å². The fourth-order valence-corrected chi connectivity index (χ4v) is 2.24. The molecule has 0 aromatic heterocycles. The van der Waals surface area contributed by atoms with Crippen LogP contribution in [0, 0.1) is 16.0 Å². The van der Waals surface area contributed by atoms with Gasteiger partial charge in [-0.3, -0.25) is 10.1 Å². The molecular formula is C16H26N2O3. The van der Waals surface area contributed by atoms with Crippen molar-refractivity contribution in [2.45, 2.75) is 46.2 Å². The van der Waals surface area contributed by atoms with Crippen molar-refractivity contribution in [3.05, 3.63) is 39.9 Å². The lowest BCUT2D eigenvalue weighted by molar-refractivity contribution is -0.384. The van der Waals surface area contributed by atoms with Crippen molar-refractivity contribution in [1.29, 1.82) is 0 Å². The summed E-state index contributed by atoms with van der Waals surface area (Å²) in [6.07, 6.45) is 0.872.